The number of halogens is 1. The van der Waals surface area contributed by atoms with Crippen LogP contribution in [0, 0.1) is 31.0 Å². The third kappa shape index (κ3) is 4.61. The van der Waals surface area contributed by atoms with Gasteiger partial charge >= 0.3 is 5.97 Å². The van der Waals surface area contributed by atoms with Crippen LogP contribution in [-0.4, -0.2) is 28.3 Å². The molecule has 3 rings (SSSR count). The molecule has 0 aliphatic rings. The number of nitrogens with one attached hydrogen (secondary N) is 1. The zero-order valence-electron chi connectivity index (χ0n) is 17.3. The summed E-state index contributed by atoms with van der Waals surface area (Å²) in [6.07, 6.45) is 0. The molecule has 0 spiro atoms. The van der Waals surface area contributed by atoms with E-state index in [1.165, 1.54) is 18.2 Å². The molecule has 158 valence electrons. The number of amides is 1. The van der Waals surface area contributed by atoms with Crippen LogP contribution in [-0.2, 0) is 9.53 Å². The number of nitrogens with zero attached hydrogens (tertiary/aromatic N) is 3. The lowest BCUT2D eigenvalue weighted by molar-refractivity contribution is -0.145. The Morgan fingerprint density at radius 1 is 1.23 bits per heavy atom. The van der Waals surface area contributed by atoms with E-state index in [9.17, 15) is 14.0 Å². The minimum absolute atomic E-state index is 0.138. The zero-order chi connectivity index (χ0) is 22.5. The molecule has 8 heteroatoms. The number of aryl methyl sites for hydroxylation is 1. The van der Waals surface area contributed by atoms with Gasteiger partial charge in [-0.3, -0.25) is 4.79 Å². The molecule has 1 unspecified atom stereocenters. The quantitative estimate of drug-likeness (QED) is 0.616. The van der Waals surface area contributed by atoms with Gasteiger partial charge in [0.05, 0.1) is 29.6 Å². The molecule has 0 radical (unpaired) electrons. The Balaban J connectivity index is 2.01. The monoisotopic (exact) mass is 420 g/mol. The summed E-state index contributed by atoms with van der Waals surface area (Å²) >= 11 is 0. The predicted molar refractivity (Wildman–Crippen MR) is 111 cm³/mol. The summed E-state index contributed by atoms with van der Waals surface area (Å²) in [5.74, 6) is -1.53. The number of ether oxygens (including phenoxy) is 1. The van der Waals surface area contributed by atoms with Crippen LogP contribution in [0.4, 0.5) is 4.39 Å². The number of hydrogen-bond donors (Lipinski definition) is 1. The van der Waals surface area contributed by atoms with Crippen molar-refractivity contribution in [3.05, 3.63) is 82.4 Å². The normalized spacial score (nSPS) is 11.5. The van der Waals surface area contributed by atoms with E-state index in [0.717, 1.165) is 0 Å². The zero-order valence-corrected chi connectivity index (χ0v) is 17.3. The molecular formula is C23H21FN4O3. The Labute approximate surface area is 179 Å². The van der Waals surface area contributed by atoms with Crippen molar-refractivity contribution in [2.45, 2.75) is 26.8 Å². The first-order valence-corrected chi connectivity index (χ1v) is 9.65. The van der Waals surface area contributed by atoms with Gasteiger partial charge in [-0.1, -0.05) is 6.07 Å². The Morgan fingerprint density at radius 3 is 2.58 bits per heavy atom. The summed E-state index contributed by atoms with van der Waals surface area (Å²) < 4.78 is 20.1. The van der Waals surface area contributed by atoms with Gasteiger partial charge in [0.25, 0.3) is 5.91 Å². The number of carbonyl (C=O) groups is 2. The highest BCUT2D eigenvalue weighted by Gasteiger charge is 2.30. The number of benzene rings is 2. The van der Waals surface area contributed by atoms with Crippen LogP contribution < -0.4 is 5.32 Å². The number of hydrogen-bond acceptors (Lipinski definition) is 5. The van der Waals surface area contributed by atoms with Gasteiger partial charge in [0.15, 0.2) is 6.04 Å². The van der Waals surface area contributed by atoms with Crippen molar-refractivity contribution in [3.8, 4) is 11.8 Å². The van der Waals surface area contributed by atoms with Gasteiger partial charge < -0.3 is 10.1 Å². The lowest BCUT2D eigenvalue weighted by Crippen LogP contribution is -2.35. The molecule has 31 heavy (non-hydrogen) atoms. The molecule has 1 aromatic heterocycles. The van der Waals surface area contributed by atoms with Crippen LogP contribution in [0.15, 0.2) is 48.5 Å². The van der Waals surface area contributed by atoms with E-state index < -0.39 is 17.9 Å². The molecular weight excluding hydrogens is 399 g/mol. The molecule has 1 atom stereocenters. The Morgan fingerprint density at radius 2 is 1.94 bits per heavy atom. The van der Waals surface area contributed by atoms with E-state index in [1.54, 1.807) is 55.8 Å². The van der Waals surface area contributed by atoms with Crippen molar-refractivity contribution in [1.82, 2.24) is 15.1 Å². The number of esters is 1. The number of rotatable bonds is 6. The molecule has 1 amide bonds. The summed E-state index contributed by atoms with van der Waals surface area (Å²) in [4.78, 5) is 25.6. The molecule has 0 bridgehead atoms. The first kappa shape index (κ1) is 21.7. The Kier molecular flexibility index (Phi) is 6.46. The number of carbonyl (C=O) groups excluding carboxylic acids is 2. The highest BCUT2D eigenvalue weighted by Crippen LogP contribution is 2.26. The van der Waals surface area contributed by atoms with E-state index in [4.69, 9.17) is 10.00 Å². The molecule has 0 saturated carbocycles. The van der Waals surface area contributed by atoms with Gasteiger partial charge in [-0.2, -0.15) is 10.4 Å². The average molecular weight is 420 g/mol. The van der Waals surface area contributed by atoms with Crippen LogP contribution in [0.25, 0.3) is 5.69 Å². The van der Waals surface area contributed by atoms with E-state index in [2.05, 4.69) is 10.4 Å². The molecule has 0 aliphatic heterocycles. The van der Waals surface area contributed by atoms with Crippen molar-refractivity contribution in [3.63, 3.8) is 0 Å². The fourth-order valence-electron chi connectivity index (χ4n) is 3.33. The highest BCUT2D eigenvalue weighted by atomic mass is 19.1. The molecule has 0 fully saturated rings. The standard InChI is InChI=1S/C23H21FN4O3/c1-4-31-23(30)21(26-22(29)17-7-5-6-16(12-17)13-25)20-14(2)27-28(15(20)3)19-10-8-18(24)9-11-19/h5-12,21H,4H2,1-3H3,(H,26,29). The van der Waals surface area contributed by atoms with E-state index in [-0.39, 0.29) is 18.0 Å². The SMILES string of the molecule is CCOC(=O)C(NC(=O)c1cccc(C#N)c1)c1c(C)nn(-c2ccc(F)cc2)c1C. The van der Waals surface area contributed by atoms with Crippen molar-refractivity contribution in [1.29, 1.82) is 5.26 Å². The van der Waals surface area contributed by atoms with Crippen molar-refractivity contribution >= 4 is 11.9 Å². The first-order valence-electron chi connectivity index (χ1n) is 9.65. The van der Waals surface area contributed by atoms with Crippen molar-refractivity contribution in [2.75, 3.05) is 6.61 Å². The number of nitriles is 1. The summed E-state index contributed by atoms with van der Waals surface area (Å²) in [6.45, 7) is 5.29. The second-order valence-electron chi connectivity index (χ2n) is 6.82. The molecule has 3 aromatic rings. The summed E-state index contributed by atoms with van der Waals surface area (Å²) in [5.41, 5.74) is 2.81. The minimum atomic E-state index is -1.10. The predicted octanol–water partition coefficient (Wildman–Crippen LogP) is 3.53. The molecule has 0 aliphatic carbocycles. The third-order valence-corrected chi connectivity index (χ3v) is 4.76. The van der Waals surface area contributed by atoms with Crippen LogP contribution >= 0.6 is 0 Å². The minimum Gasteiger partial charge on any atom is -0.464 e. The second-order valence-corrected chi connectivity index (χ2v) is 6.82. The van der Waals surface area contributed by atoms with E-state index in [1.807, 2.05) is 6.07 Å². The smallest absolute Gasteiger partial charge is 0.333 e. The molecule has 1 N–H and O–H groups in total. The molecule has 7 nitrogen and oxygen atoms in total. The largest absolute Gasteiger partial charge is 0.464 e. The van der Waals surface area contributed by atoms with Crippen LogP contribution in [0.3, 0.4) is 0 Å². The molecule has 1 heterocycles. The number of aromatic nitrogens is 2. The average Bonchev–Trinajstić information content (AvgIpc) is 3.06. The maximum absolute atomic E-state index is 13.3. The van der Waals surface area contributed by atoms with Gasteiger partial charge in [-0.25, -0.2) is 13.9 Å². The van der Waals surface area contributed by atoms with Crippen LogP contribution in [0.1, 0.15) is 45.8 Å². The Hall–Kier alpha value is -3.99. The van der Waals surface area contributed by atoms with Gasteiger partial charge in [0.1, 0.15) is 5.82 Å². The molecule has 2 aromatic carbocycles. The van der Waals surface area contributed by atoms with Gasteiger partial charge in [0.2, 0.25) is 0 Å². The van der Waals surface area contributed by atoms with E-state index in [0.29, 0.717) is 28.2 Å². The van der Waals surface area contributed by atoms with Gasteiger partial charge in [-0.05, 0) is 63.2 Å². The maximum atomic E-state index is 13.3. The lowest BCUT2D eigenvalue weighted by atomic mass is 10.0. The van der Waals surface area contributed by atoms with E-state index >= 15 is 0 Å². The third-order valence-electron chi connectivity index (χ3n) is 4.76. The van der Waals surface area contributed by atoms with Crippen LogP contribution in [0.2, 0.25) is 0 Å². The topological polar surface area (TPSA) is 97.0 Å². The van der Waals surface area contributed by atoms with Gasteiger partial charge in [-0.15, -0.1) is 0 Å². The second kappa shape index (κ2) is 9.22. The maximum Gasteiger partial charge on any atom is 0.333 e. The summed E-state index contributed by atoms with van der Waals surface area (Å²) in [7, 11) is 0. The van der Waals surface area contributed by atoms with Crippen LogP contribution in [0.5, 0.6) is 0 Å². The first-order chi connectivity index (χ1) is 14.8. The fraction of sp³-hybridized carbons (Fsp3) is 0.217. The van der Waals surface area contributed by atoms with Crippen molar-refractivity contribution in [2.24, 2.45) is 0 Å². The Bertz CT molecular complexity index is 1160. The summed E-state index contributed by atoms with van der Waals surface area (Å²) in [5, 5.41) is 16.3. The van der Waals surface area contributed by atoms with Gasteiger partial charge in [0, 0.05) is 16.8 Å². The fourth-order valence-corrected chi connectivity index (χ4v) is 3.33. The van der Waals surface area contributed by atoms with Crippen molar-refractivity contribution < 1.29 is 18.7 Å². The lowest BCUT2D eigenvalue weighted by Gasteiger charge is -2.18. The highest BCUT2D eigenvalue weighted by molar-refractivity contribution is 5.97. The summed E-state index contributed by atoms with van der Waals surface area (Å²) in [6, 6.07) is 12.8. The molecule has 0 saturated heterocycles.